The minimum absolute atomic E-state index is 0.0796. The number of carbonyl (C=O) groups excluding carboxylic acids is 1. The van der Waals surface area contributed by atoms with Crippen molar-refractivity contribution in [2.75, 3.05) is 16.6 Å². The van der Waals surface area contributed by atoms with Crippen molar-refractivity contribution in [2.45, 2.75) is 53.5 Å². The summed E-state index contributed by atoms with van der Waals surface area (Å²) in [4.78, 5) is 12.7. The van der Waals surface area contributed by atoms with Gasteiger partial charge in [-0.2, -0.15) is 0 Å². The van der Waals surface area contributed by atoms with Crippen LogP contribution in [-0.4, -0.2) is 32.7 Å². The van der Waals surface area contributed by atoms with Crippen LogP contribution in [0.15, 0.2) is 18.2 Å². The average Bonchev–Trinajstić information content (AvgIpc) is 2.52. The quantitative estimate of drug-likeness (QED) is 0.869. The Labute approximate surface area is 151 Å². The third kappa shape index (κ3) is 4.54. The van der Waals surface area contributed by atoms with E-state index in [1.54, 1.807) is 12.1 Å². The van der Waals surface area contributed by atoms with Gasteiger partial charge in [0.1, 0.15) is 0 Å². The van der Waals surface area contributed by atoms with E-state index in [1.165, 1.54) is 4.31 Å². The molecule has 1 fully saturated rings. The zero-order valence-corrected chi connectivity index (χ0v) is 16.7. The van der Waals surface area contributed by atoms with E-state index in [-0.39, 0.29) is 17.7 Å². The number of carbonyl (C=O) groups is 1. The Bertz CT molecular complexity index is 718. The Kier molecular flexibility index (Phi) is 6.14. The topological polar surface area (TPSA) is 66.5 Å². The molecule has 6 heteroatoms. The number of hydrogen-bond acceptors (Lipinski definition) is 3. The first-order valence-corrected chi connectivity index (χ1v) is 10.7. The maximum Gasteiger partial charge on any atom is 0.251 e. The van der Waals surface area contributed by atoms with E-state index in [0.717, 1.165) is 12.0 Å². The highest BCUT2D eigenvalue weighted by Gasteiger charge is 2.28. The summed E-state index contributed by atoms with van der Waals surface area (Å²) >= 11 is 0. The molecule has 0 aromatic heterocycles. The van der Waals surface area contributed by atoms with Crippen LogP contribution in [0.1, 0.15) is 56.5 Å². The Morgan fingerprint density at radius 2 is 1.76 bits per heavy atom. The fraction of sp³-hybridized carbons (Fsp3) is 0.632. The van der Waals surface area contributed by atoms with Gasteiger partial charge in [-0.05, 0) is 49.3 Å². The van der Waals surface area contributed by atoms with Crippen LogP contribution in [0.4, 0.5) is 5.69 Å². The first-order valence-electron chi connectivity index (χ1n) is 9.05. The van der Waals surface area contributed by atoms with Crippen LogP contribution in [0.25, 0.3) is 0 Å². The minimum atomic E-state index is -3.29. The second kappa shape index (κ2) is 7.77. The number of sulfonamides is 1. The van der Waals surface area contributed by atoms with Gasteiger partial charge in [-0.1, -0.05) is 33.8 Å². The van der Waals surface area contributed by atoms with Gasteiger partial charge in [0, 0.05) is 18.2 Å². The summed E-state index contributed by atoms with van der Waals surface area (Å²) in [5.41, 5.74) is 2.00. The summed E-state index contributed by atoms with van der Waals surface area (Å²) in [6.07, 6.45) is 1.54. The summed E-state index contributed by atoms with van der Waals surface area (Å²) in [7, 11) is -3.29. The largest absolute Gasteiger partial charge is 0.349 e. The van der Waals surface area contributed by atoms with E-state index >= 15 is 0 Å². The van der Waals surface area contributed by atoms with Gasteiger partial charge in [0.05, 0.1) is 11.4 Å². The van der Waals surface area contributed by atoms with Gasteiger partial charge in [-0.15, -0.1) is 0 Å². The minimum Gasteiger partial charge on any atom is -0.349 e. The summed E-state index contributed by atoms with van der Waals surface area (Å²) in [6, 6.07) is 5.39. The molecule has 0 saturated carbocycles. The molecule has 0 atom stereocenters. The number of aryl methyl sites for hydroxylation is 1. The molecule has 0 aliphatic carbocycles. The van der Waals surface area contributed by atoms with Crippen molar-refractivity contribution < 1.29 is 13.2 Å². The van der Waals surface area contributed by atoms with Crippen LogP contribution in [0, 0.1) is 18.8 Å². The number of benzene rings is 1. The van der Waals surface area contributed by atoms with Crippen LogP contribution in [0.5, 0.6) is 0 Å². The lowest BCUT2D eigenvalue weighted by atomic mass is 9.93. The van der Waals surface area contributed by atoms with Crippen molar-refractivity contribution in [3.8, 4) is 0 Å². The fourth-order valence-electron chi connectivity index (χ4n) is 3.42. The Morgan fingerprint density at radius 1 is 1.12 bits per heavy atom. The SMILES string of the molecule is Cc1ccc(C(=O)NC(C(C)C)C(C)C)cc1N1CCCCS1(=O)=O. The lowest BCUT2D eigenvalue weighted by molar-refractivity contribution is 0.0910. The molecule has 0 bridgehead atoms. The van der Waals surface area contributed by atoms with Gasteiger partial charge in [-0.3, -0.25) is 9.10 Å². The van der Waals surface area contributed by atoms with Crippen LogP contribution < -0.4 is 9.62 Å². The van der Waals surface area contributed by atoms with E-state index in [4.69, 9.17) is 0 Å². The molecule has 1 heterocycles. The van der Waals surface area contributed by atoms with E-state index in [0.29, 0.717) is 36.1 Å². The van der Waals surface area contributed by atoms with E-state index in [1.807, 2.05) is 13.0 Å². The molecule has 140 valence electrons. The first-order chi connectivity index (χ1) is 11.6. The van der Waals surface area contributed by atoms with E-state index in [9.17, 15) is 13.2 Å². The third-order valence-corrected chi connectivity index (χ3v) is 6.68. The number of anilines is 1. The molecule has 1 N–H and O–H groups in total. The molecule has 2 rings (SSSR count). The first kappa shape index (κ1) is 19.8. The molecular formula is C19H30N2O3S. The summed E-state index contributed by atoms with van der Waals surface area (Å²) in [5.74, 6) is 0.682. The van der Waals surface area contributed by atoms with Crippen molar-refractivity contribution in [1.82, 2.24) is 5.32 Å². The molecular weight excluding hydrogens is 336 g/mol. The maximum absolute atomic E-state index is 12.7. The predicted molar refractivity (Wildman–Crippen MR) is 102 cm³/mol. The molecule has 1 aromatic rings. The van der Waals surface area contributed by atoms with Gasteiger partial charge < -0.3 is 5.32 Å². The van der Waals surface area contributed by atoms with Crippen molar-refractivity contribution in [1.29, 1.82) is 0 Å². The Morgan fingerprint density at radius 3 is 2.32 bits per heavy atom. The number of rotatable bonds is 5. The van der Waals surface area contributed by atoms with E-state index < -0.39 is 10.0 Å². The fourth-order valence-corrected chi connectivity index (χ4v) is 5.11. The summed E-state index contributed by atoms with van der Waals surface area (Å²) in [6.45, 7) is 10.7. The lowest BCUT2D eigenvalue weighted by Crippen LogP contribution is -2.42. The van der Waals surface area contributed by atoms with Crippen LogP contribution in [0.2, 0.25) is 0 Å². The molecule has 1 aliphatic rings. The predicted octanol–water partition coefficient (Wildman–Crippen LogP) is 3.34. The molecule has 1 saturated heterocycles. The van der Waals surface area contributed by atoms with Crippen LogP contribution >= 0.6 is 0 Å². The van der Waals surface area contributed by atoms with E-state index in [2.05, 4.69) is 33.0 Å². The second-order valence-electron chi connectivity index (χ2n) is 7.58. The lowest BCUT2D eigenvalue weighted by Gasteiger charge is -2.30. The van der Waals surface area contributed by atoms with Gasteiger partial charge in [0.15, 0.2) is 0 Å². The zero-order chi connectivity index (χ0) is 18.8. The highest BCUT2D eigenvalue weighted by Crippen LogP contribution is 2.28. The van der Waals surface area contributed by atoms with Gasteiger partial charge in [-0.25, -0.2) is 8.42 Å². The van der Waals surface area contributed by atoms with Gasteiger partial charge in [0.25, 0.3) is 5.91 Å². The molecule has 5 nitrogen and oxygen atoms in total. The smallest absolute Gasteiger partial charge is 0.251 e. The molecule has 0 spiro atoms. The third-order valence-electron chi connectivity index (χ3n) is 4.82. The van der Waals surface area contributed by atoms with Crippen molar-refractivity contribution >= 4 is 21.6 Å². The molecule has 25 heavy (non-hydrogen) atoms. The monoisotopic (exact) mass is 366 g/mol. The number of nitrogens with one attached hydrogen (secondary N) is 1. The summed E-state index contributed by atoms with van der Waals surface area (Å²) < 4.78 is 26.3. The zero-order valence-electron chi connectivity index (χ0n) is 15.9. The van der Waals surface area contributed by atoms with Crippen molar-refractivity contribution in [2.24, 2.45) is 11.8 Å². The van der Waals surface area contributed by atoms with Gasteiger partial charge in [0.2, 0.25) is 10.0 Å². The second-order valence-corrected chi connectivity index (χ2v) is 9.60. The van der Waals surface area contributed by atoms with Crippen molar-refractivity contribution in [3.05, 3.63) is 29.3 Å². The standard InChI is InChI=1S/C19H30N2O3S/c1-13(2)18(14(3)4)20-19(22)16-9-8-15(5)17(12-16)21-10-6-7-11-25(21,23)24/h8-9,12-14,18H,6-7,10-11H2,1-5H3,(H,20,22). The Hall–Kier alpha value is -1.56. The van der Waals surface area contributed by atoms with Crippen molar-refractivity contribution in [3.63, 3.8) is 0 Å². The van der Waals surface area contributed by atoms with Gasteiger partial charge >= 0.3 is 0 Å². The van der Waals surface area contributed by atoms with Crippen LogP contribution in [0.3, 0.4) is 0 Å². The molecule has 1 aromatic carbocycles. The molecule has 1 amide bonds. The normalized spacial score (nSPS) is 17.4. The summed E-state index contributed by atoms with van der Waals surface area (Å²) in [5, 5.41) is 3.10. The molecule has 1 aliphatic heterocycles. The molecule has 0 unspecified atom stereocenters. The van der Waals surface area contributed by atoms with Crippen LogP contribution in [-0.2, 0) is 10.0 Å². The number of amides is 1. The number of nitrogens with zero attached hydrogens (tertiary/aromatic N) is 1. The number of hydrogen-bond donors (Lipinski definition) is 1. The highest BCUT2D eigenvalue weighted by atomic mass is 32.2. The Balaban J connectivity index is 2.31. The highest BCUT2D eigenvalue weighted by molar-refractivity contribution is 7.92. The molecule has 0 radical (unpaired) electrons. The maximum atomic E-state index is 12.7. The average molecular weight is 367 g/mol.